The predicted octanol–water partition coefficient (Wildman–Crippen LogP) is 3.50. The maximum Gasteiger partial charge on any atom is 0.270 e. The molecule has 0 aliphatic carbocycles. The van der Waals surface area contributed by atoms with Gasteiger partial charge in [0.2, 0.25) is 5.89 Å². The van der Waals surface area contributed by atoms with Crippen LogP contribution in [0.1, 0.15) is 30.2 Å². The van der Waals surface area contributed by atoms with E-state index in [-0.39, 0.29) is 11.7 Å². The first-order chi connectivity index (χ1) is 9.47. The Morgan fingerprint density at radius 3 is 2.85 bits per heavy atom. The second kappa shape index (κ2) is 6.15. The van der Waals surface area contributed by atoms with Gasteiger partial charge in [-0.1, -0.05) is 15.9 Å². The van der Waals surface area contributed by atoms with Gasteiger partial charge < -0.3 is 9.73 Å². The minimum Gasteiger partial charge on any atom is -0.444 e. The van der Waals surface area contributed by atoms with Crippen molar-refractivity contribution in [3.63, 3.8) is 0 Å². The molecule has 1 heterocycles. The SMILES string of the molecule is Cc1cnc(C(C)NCc2ccc([N+](=O)[O-])cc2Br)o1. The van der Waals surface area contributed by atoms with E-state index in [9.17, 15) is 10.1 Å². The number of hydrogen-bond acceptors (Lipinski definition) is 5. The summed E-state index contributed by atoms with van der Waals surface area (Å²) in [4.78, 5) is 14.4. The number of aryl methyl sites for hydroxylation is 1. The molecule has 0 aliphatic rings. The number of hydrogen-bond donors (Lipinski definition) is 1. The van der Waals surface area contributed by atoms with E-state index in [1.807, 2.05) is 13.8 Å². The molecule has 20 heavy (non-hydrogen) atoms. The normalized spacial score (nSPS) is 12.3. The topological polar surface area (TPSA) is 81.2 Å². The molecule has 1 aromatic heterocycles. The third-order valence-electron chi connectivity index (χ3n) is 2.86. The standard InChI is InChI=1S/C13H14BrN3O3/c1-8-6-16-13(20-8)9(2)15-7-10-3-4-11(17(18)19)5-12(10)14/h3-6,9,15H,7H2,1-2H3. The zero-order valence-corrected chi connectivity index (χ0v) is 12.7. The Bertz CT molecular complexity index is 627. The summed E-state index contributed by atoms with van der Waals surface area (Å²) in [6.45, 7) is 4.35. The average Bonchev–Trinajstić information content (AvgIpc) is 2.83. The molecule has 0 amide bonds. The molecule has 0 saturated carbocycles. The molecule has 1 N–H and O–H groups in total. The molecule has 6 nitrogen and oxygen atoms in total. The summed E-state index contributed by atoms with van der Waals surface area (Å²) in [6, 6.07) is 4.67. The van der Waals surface area contributed by atoms with E-state index in [2.05, 4.69) is 26.2 Å². The van der Waals surface area contributed by atoms with Crippen LogP contribution in [0.5, 0.6) is 0 Å². The molecule has 2 rings (SSSR count). The average molecular weight is 340 g/mol. The van der Waals surface area contributed by atoms with Gasteiger partial charge in [-0.15, -0.1) is 0 Å². The number of non-ortho nitro benzene ring substituents is 1. The smallest absolute Gasteiger partial charge is 0.270 e. The lowest BCUT2D eigenvalue weighted by atomic mass is 10.2. The number of nitro benzene ring substituents is 1. The maximum absolute atomic E-state index is 10.7. The first-order valence-electron chi connectivity index (χ1n) is 6.06. The fourth-order valence-corrected chi connectivity index (χ4v) is 2.22. The number of rotatable bonds is 5. The Morgan fingerprint density at radius 1 is 1.55 bits per heavy atom. The summed E-state index contributed by atoms with van der Waals surface area (Å²) < 4.78 is 6.14. The summed E-state index contributed by atoms with van der Waals surface area (Å²) >= 11 is 3.34. The Kier molecular flexibility index (Phi) is 4.51. The molecule has 106 valence electrons. The summed E-state index contributed by atoms with van der Waals surface area (Å²) in [7, 11) is 0. The van der Waals surface area contributed by atoms with E-state index in [0.717, 1.165) is 11.3 Å². The lowest BCUT2D eigenvalue weighted by molar-refractivity contribution is -0.384. The number of nitrogens with one attached hydrogen (secondary N) is 1. The molecule has 7 heteroatoms. The summed E-state index contributed by atoms with van der Waals surface area (Å²) in [6.07, 6.45) is 1.68. The maximum atomic E-state index is 10.7. The van der Waals surface area contributed by atoms with Crippen LogP contribution in [0.2, 0.25) is 0 Å². The Labute approximate surface area is 124 Å². The van der Waals surface area contributed by atoms with Crippen molar-refractivity contribution in [2.45, 2.75) is 26.4 Å². The summed E-state index contributed by atoms with van der Waals surface area (Å²) in [5, 5.41) is 13.9. The largest absolute Gasteiger partial charge is 0.444 e. The lowest BCUT2D eigenvalue weighted by Crippen LogP contribution is -2.18. The second-order valence-corrected chi connectivity index (χ2v) is 5.30. The highest BCUT2D eigenvalue weighted by molar-refractivity contribution is 9.10. The van der Waals surface area contributed by atoms with Gasteiger partial charge in [0.05, 0.1) is 17.2 Å². The highest BCUT2D eigenvalue weighted by Crippen LogP contribution is 2.23. The Morgan fingerprint density at radius 2 is 2.30 bits per heavy atom. The van der Waals surface area contributed by atoms with Gasteiger partial charge in [-0.25, -0.2) is 4.98 Å². The van der Waals surface area contributed by atoms with Crippen LogP contribution in [-0.4, -0.2) is 9.91 Å². The van der Waals surface area contributed by atoms with E-state index in [0.29, 0.717) is 16.9 Å². The molecule has 1 atom stereocenters. The molecular weight excluding hydrogens is 326 g/mol. The van der Waals surface area contributed by atoms with Gasteiger partial charge >= 0.3 is 0 Å². The van der Waals surface area contributed by atoms with Crippen molar-refractivity contribution in [3.8, 4) is 0 Å². The highest BCUT2D eigenvalue weighted by atomic mass is 79.9. The fraction of sp³-hybridized carbons (Fsp3) is 0.308. The third kappa shape index (κ3) is 3.43. The van der Waals surface area contributed by atoms with Gasteiger partial charge in [0.15, 0.2) is 0 Å². The van der Waals surface area contributed by atoms with Crippen LogP contribution in [0.15, 0.2) is 33.3 Å². The number of oxazole rings is 1. The van der Waals surface area contributed by atoms with Gasteiger partial charge in [0, 0.05) is 23.2 Å². The van der Waals surface area contributed by atoms with E-state index >= 15 is 0 Å². The number of benzene rings is 1. The van der Waals surface area contributed by atoms with Crippen LogP contribution in [-0.2, 0) is 6.54 Å². The van der Waals surface area contributed by atoms with Crippen LogP contribution in [0, 0.1) is 17.0 Å². The van der Waals surface area contributed by atoms with Crippen LogP contribution in [0.3, 0.4) is 0 Å². The minimum atomic E-state index is -0.417. The van der Waals surface area contributed by atoms with Crippen molar-refractivity contribution < 1.29 is 9.34 Å². The quantitative estimate of drug-likeness (QED) is 0.665. The van der Waals surface area contributed by atoms with Crippen molar-refractivity contribution in [2.24, 2.45) is 0 Å². The first kappa shape index (κ1) is 14.7. The molecule has 2 aromatic rings. The summed E-state index contributed by atoms with van der Waals surface area (Å²) in [5.41, 5.74) is 1.00. The van der Waals surface area contributed by atoms with E-state index < -0.39 is 4.92 Å². The Balaban J connectivity index is 2.02. The molecule has 0 saturated heterocycles. The molecule has 0 fully saturated rings. The molecule has 1 aromatic carbocycles. The van der Waals surface area contributed by atoms with Gasteiger partial charge in [-0.3, -0.25) is 10.1 Å². The van der Waals surface area contributed by atoms with E-state index in [1.165, 1.54) is 12.1 Å². The molecule has 0 spiro atoms. The van der Waals surface area contributed by atoms with Crippen molar-refractivity contribution in [1.29, 1.82) is 0 Å². The molecular formula is C13H14BrN3O3. The van der Waals surface area contributed by atoms with E-state index in [1.54, 1.807) is 12.3 Å². The molecule has 1 unspecified atom stereocenters. The Hall–Kier alpha value is -1.73. The third-order valence-corrected chi connectivity index (χ3v) is 3.59. The van der Waals surface area contributed by atoms with Gasteiger partial charge in [0.1, 0.15) is 5.76 Å². The van der Waals surface area contributed by atoms with Crippen molar-refractivity contribution >= 4 is 21.6 Å². The van der Waals surface area contributed by atoms with Crippen LogP contribution in [0.4, 0.5) is 5.69 Å². The fourth-order valence-electron chi connectivity index (χ4n) is 1.72. The number of nitro groups is 1. The van der Waals surface area contributed by atoms with Crippen LogP contribution >= 0.6 is 15.9 Å². The number of halogens is 1. The van der Waals surface area contributed by atoms with Crippen molar-refractivity contribution in [2.75, 3.05) is 0 Å². The minimum absolute atomic E-state index is 0.0363. The van der Waals surface area contributed by atoms with Crippen molar-refractivity contribution in [1.82, 2.24) is 10.3 Å². The predicted molar refractivity (Wildman–Crippen MR) is 77.3 cm³/mol. The highest BCUT2D eigenvalue weighted by Gasteiger charge is 2.13. The van der Waals surface area contributed by atoms with Crippen LogP contribution < -0.4 is 5.32 Å². The lowest BCUT2D eigenvalue weighted by Gasteiger charge is -2.11. The summed E-state index contributed by atoms with van der Waals surface area (Å²) in [5.74, 6) is 1.39. The monoisotopic (exact) mass is 339 g/mol. The van der Waals surface area contributed by atoms with Gasteiger partial charge in [-0.05, 0) is 25.5 Å². The van der Waals surface area contributed by atoms with Crippen LogP contribution in [0.25, 0.3) is 0 Å². The van der Waals surface area contributed by atoms with Gasteiger partial charge in [-0.2, -0.15) is 0 Å². The molecule has 0 radical (unpaired) electrons. The first-order valence-corrected chi connectivity index (χ1v) is 6.85. The van der Waals surface area contributed by atoms with Gasteiger partial charge in [0.25, 0.3) is 5.69 Å². The number of aromatic nitrogens is 1. The second-order valence-electron chi connectivity index (χ2n) is 4.44. The molecule has 0 aliphatic heterocycles. The molecule has 0 bridgehead atoms. The zero-order chi connectivity index (χ0) is 14.7. The number of nitrogens with zero attached hydrogens (tertiary/aromatic N) is 2. The van der Waals surface area contributed by atoms with E-state index in [4.69, 9.17) is 4.42 Å². The van der Waals surface area contributed by atoms with Crippen molar-refractivity contribution in [3.05, 3.63) is 56.2 Å². The zero-order valence-electron chi connectivity index (χ0n) is 11.1.